The average molecular weight is 405 g/mol. The van der Waals surface area contributed by atoms with Crippen LogP contribution in [0.25, 0.3) is 0 Å². The first kappa shape index (κ1) is 19.1. The molecule has 0 aliphatic carbocycles. The minimum Gasteiger partial charge on any atom is -0.489 e. The van der Waals surface area contributed by atoms with Crippen molar-refractivity contribution in [2.24, 2.45) is 5.10 Å². The maximum atomic E-state index is 5.94. The summed E-state index contributed by atoms with van der Waals surface area (Å²) in [5.41, 5.74) is 5.76. The number of hydrazone groups is 1. The molecule has 4 aromatic carbocycles. The van der Waals surface area contributed by atoms with Crippen LogP contribution in [0.2, 0.25) is 0 Å². The molecule has 0 fully saturated rings. The summed E-state index contributed by atoms with van der Waals surface area (Å²) in [6, 6.07) is 39.7. The van der Waals surface area contributed by atoms with Crippen molar-refractivity contribution in [2.75, 3.05) is 5.01 Å². The van der Waals surface area contributed by atoms with Crippen LogP contribution in [0.1, 0.15) is 29.2 Å². The van der Waals surface area contributed by atoms with Crippen molar-refractivity contribution in [3.05, 3.63) is 132 Å². The Morgan fingerprint density at radius 2 is 1.32 bits per heavy atom. The van der Waals surface area contributed by atoms with Crippen LogP contribution in [0.15, 0.2) is 120 Å². The average Bonchev–Trinajstić information content (AvgIpc) is 3.30. The minimum atomic E-state index is 0.188. The van der Waals surface area contributed by atoms with Crippen LogP contribution in [-0.4, -0.2) is 5.71 Å². The van der Waals surface area contributed by atoms with E-state index in [2.05, 4.69) is 83.9 Å². The Bertz CT molecular complexity index is 1140. The van der Waals surface area contributed by atoms with Gasteiger partial charge in [-0.2, -0.15) is 5.10 Å². The standard InChI is InChI=1S/C28H24N2O/c1-4-10-22(11-5-1)21-31-26-18-16-23(17-19-26)27-20-28(24-12-6-2-7-13-24)30(29-27)25-14-8-3-9-15-25/h1-19,28H,20-21H2. The number of nitrogens with zero attached hydrogens (tertiary/aromatic N) is 2. The molecule has 1 aliphatic rings. The van der Waals surface area contributed by atoms with Gasteiger partial charge in [-0.25, -0.2) is 0 Å². The molecule has 31 heavy (non-hydrogen) atoms. The zero-order valence-corrected chi connectivity index (χ0v) is 17.3. The number of hydrogen-bond donors (Lipinski definition) is 0. The van der Waals surface area contributed by atoms with Crippen molar-refractivity contribution in [1.82, 2.24) is 0 Å². The van der Waals surface area contributed by atoms with Crippen molar-refractivity contribution in [2.45, 2.75) is 19.1 Å². The Labute approximate surface area is 183 Å². The summed E-state index contributed by atoms with van der Waals surface area (Å²) in [6.45, 7) is 0.568. The van der Waals surface area contributed by atoms with Gasteiger partial charge in [-0.3, -0.25) is 5.01 Å². The molecule has 3 nitrogen and oxygen atoms in total. The molecule has 1 aliphatic heterocycles. The Hall–Kier alpha value is -3.85. The molecule has 0 spiro atoms. The summed E-state index contributed by atoms with van der Waals surface area (Å²) >= 11 is 0. The van der Waals surface area contributed by atoms with Crippen LogP contribution < -0.4 is 9.75 Å². The zero-order valence-electron chi connectivity index (χ0n) is 17.3. The van der Waals surface area contributed by atoms with Gasteiger partial charge in [0.2, 0.25) is 0 Å². The van der Waals surface area contributed by atoms with Gasteiger partial charge in [-0.1, -0.05) is 78.9 Å². The summed E-state index contributed by atoms with van der Waals surface area (Å²) in [7, 11) is 0. The molecule has 152 valence electrons. The van der Waals surface area contributed by atoms with E-state index >= 15 is 0 Å². The second-order valence-corrected chi connectivity index (χ2v) is 7.66. The Kier molecular flexibility index (Phi) is 5.48. The zero-order chi connectivity index (χ0) is 20.9. The summed E-state index contributed by atoms with van der Waals surface area (Å²) in [5, 5.41) is 7.16. The SMILES string of the molecule is c1ccc(COc2ccc(C3=NN(c4ccccc4)C(c4ccccc4)C3)cc2)cc1. The number of para-hydroxylation sites is 1. The first-order valence-corrected chi connectivity index (χ1v) is 10.6. The molecule has 0 saturated heterocycles. The van der Waals surface area contributed by atoms with Crippen LogP contribution in [0.4, 0.5) is 5.69 Å². The van der Waals surface area contributed by atoms with Gasteiger partial charge in [-0.05, 0) is 53.1 Å². The van der Waals surface area contributed by atoms with Crippen LogP contribution in [0.3, 0.4) is 0 Å². The highest BCUT2D eigenvalue weighted by atomic mass is 16.5. The second kappa shape index (κ2) is 8.88. The lowest BCUT2D eigenvalue weighted by atomic mass is 9.98. The third kappa shape index (κ3) is 4.36. The summed E-state index contributed by atoms with van der Waals surface area (Å²) in [6.07, 6.45) is 0.864. The van der Waals surface area contributed by atoms with E-state index in [4.69, 9.17) is 9.84 Å². The van der Waals surface area contributed by atoms with E-state index in [-0.39, 0.29) is 6.04 Å². The minimum absolute atomic E-state index is 0.188. The van der Waals surface area contributed by atoms with Crippen LogP contribution in [0.5, 0.6) is 5.75 Å². The smallest absolute Gasteiger partial charge is 0.119 e. The van der Waals surface area contributed by atoms with E-state index in [1.165, 1.54) is 5.56 Å². The normalized spacial score (nSPS) is 15.5. The molecular formula is C28H24N2O. The van der Waals surface area contributed by atoms with Crippen LogP contribution in [0, 0.1) is 0 Å². The van der Waals surface area contributed by atoms with Gasteiger partial charge in [0, 0.05) is 6.42 Å². The summed E-state index contributed by atoms with van der Waals surface area (Å²) in [4.78, 5) is 0. The molecule has 0 aromatic heterocycles. The molecule has 0 saturated carbocycles. The maximum Gasteiger partial charge on any atom is 0.119 e. The summed E-state index contributed by atoms with van der Waals surface area (Å²) < 4.78 is 5.94. The highest BCUT2D eigenvalue weighted by Gasteiger charge is 2.29. The molecular weight excluding hydrogens is 380 g/mol. The van der Waals surface area contributed by atoms with E-state index in [9.17, 15) is 0 Å². The molecule has 4 aromatic rings. The van der Waals surface area contributed by atoms with Crippen LogP contribution >= 0.6 is 0 Å². The predicted octanol–water partition coefficient (Wildman–Crippen LogP) is 6.62. The Balaban J connectivity index is 1.36. The fraction of sp³-hybridized carbons (Fsp3) is 0.107. The van der Waals surface area contributed by atoms with Gasteiger partial charge < -0.3 is 4.74 Å². The van der Waals surface area contributed by atoms with E-state index in [0.29, 0.717) is 6.61 Å². The number of benzene rings is 4. The molecule has 5 rings (SSSR count). The fourth-order valence-electron chi connectivity index (χ4n) is 3.92. The molecule has 0 amide bonds. The lowest BCUT2D eigenvalue weighted by Crippen LogP contribution is -2.18. The monoisotopic (exact) mass is 404 g/mol. The number of rotatable bonds is 6. The fourth-order valence-corrected chi connectivity index (χ4v) is 3.92. The van der Waals surface area contributed by atoms with Crippen molar-refractivity contribution >= 4 is 11.4 Å². The lowest BCUT2D eigenvalue weighted by molar-refractivity contribution is 0.306. The second-order valence-electron chi connectivity index (χ2n) is 7.66. The molecule has 1 unspecified atom stereocenters. The highest BCUT2D eigenvalue weighted by Crippen LogP contribution is 2.36. The van der Waals surface area contributed by atoms with Crippen LogP contribution in [-0.2, 0) is 6.61 Å². The topological polar surface area (TPSA) is 24.8 Å². The Morgan fingerprint density at radius 1 is 0.710 bits per heavy atom. The third-order valence-electron chi connectivity index (χ3n) is 5.55. The molecule has 3 heteroatoms. The van der Waals surface area contributed by atoms with E-state index in [1.807, 2.05) is 36.4 Å². The van der Waals surface area contributed by atoms with Gasteiger partial charge in [0.05, 0.1) is 17.4 Å². The van der Waals surface area contributed by atoms with E-state index in [0.717, 1.165) is 34.7 Å². The third-order valence-corrected chi connectivity index (χ3v) is 5.55. The van der Waals surface area contributed by atoms with Crippen molar-refractivity contribution < 1.29 is 4.74 Å². The highest BCUT2D eigenvalue weighted by molar-refractivity contribution is 6.03. The first-order chi connectivity index (χ1) is 15.4. The van der Waals surface area contributed by atoms with Gasteiger partial charge in [0.15, 0.2) is 0 Å². The number of ether oxygens (including phenoxy) is 1. The van der Waals surface area contributed by atoms with Gasteiger partial charge in [0.25, 0.3) is 0 Å². The predicted molar refractivity (Wildman–Crippen MR) is 126 cm³/mol. The van der Waals surface area contributed by atoms with E-state index < -0.39 is 0 Å². The molecule has 0 radical (unpaired) electrons. The first-order valence-electron chi connectivity index (χ1n) is 10.6. The van der Waals surface area contributed by atoms with Gasteiger partial charge in [-0.15, -0.1) is 0 Å². The molecule has 1 atom stereocenters. The number of hydrogen-bond acceptors (Lipinski definition) is 3. The van der Waals surface area contributed by atoms with Gasteiger partial charge >= 0.3 is 0 Å². The van der Waals surface area contributed by atoms with Gasteiger partial charge in [0.1, 0.15) is 12.4 Å². The largest absolute Gasteiger partial charge is 0.489 e. The number of anilines is 1. The molecule has 1 heterocycles. The molecule has 0 bridgehead atoms. The van der Waals surface area contributed by atoms with Crippen molar-refractivity contribution in [3.8, 4) is 5.75 Å². The lowest BCUT2D eigenvalue weighted by Gasteiger charge is -2.23. The Morgan fingerprint density at radius 3 is 2.00 bits per heavy atom. The van der Waals surface area contributed by atoms with Crippen molar-refractivity contribution in [3.63, 3.8) is 0 Å². The molecule has 0 N–H and O–H groups in total. The summed E-state index contributed by atoms with van der Waals surface area (Å²) in [5.74, 6) is 0.866. The maximum absolute atomic E-state index is 5.94. The van der Waals surface area contributed by atoms with Crippen molar-refractivity contribution in [1.29, 1.82) is 0 Å². The van der Waals surface area contributed by atoms with E-state index in [1.54, 1.807) is 0 Å². The quantitative estimate of drug-likeness (QED) is 0.361.